The molecule has 0 saturated heterocycles. The van der Waals surface area contributed by atoms with Crippen LogP contribution in [-0.2, 0) is 9.53 Å². The SMILES string of the molecule is C=CC(=O)OC1CC2CC1C1CC(O)CC21. The van der Waals surface area contributed by atoms with Crippen molar-refractivity contribution in [3.8, 4) is 0 Å². The summed E-state index contributed by atoms with van der Waals surface area (Å²) < 4.78 is 5.40. The molecule has 3 fully saturated rings. The molecule has 1 N–H and O–H groups in total. The van der Waals surface area contributed by atoms with E-state index in [-0.39, 0.29) is 18.2 Å². The molecule has 88 valence electrons. The maximum Gasteiger partial charge on any atom is 0.330 e. The van der Waals surface area contributed by atoms with E-state index < -0.39 is 0 Å². The fourth-order valence-electron chi connectivity index (χ4n) is 4.31. The van der Waals surface area contributed by atoms with Gasteiger partial charge in [0.1, 0.15) is 6.10 Å². The highest BCUT2D eigenvalue weighted by atomic mass is 16.5. The average molecular weight is 222 g/mol. The van der Waals surface area contributed by atoms with Crippen LogP contribution in [0.4, 0.5) is 0 Å². The number of hydrogen-bond acceptors (Lipinski definition) is 3. The standard InChI is InChI=1S/C13H18O3/c1-2-13(15)16-12-4-7-3-11(12)10-6-8(14)5-9(7)10/h2,7-12,14H,1,3-6H2. The van der Waals surface area contributed by atoms with Gasteiger partial charge in [0.2, 0.25) is 0 Å². The van der Waals surface area contributed by atoms with Gasteiger partial charge < -0.3 is 9.84 Å². The molecule has 3 aliphatic carbocycles. The highest BCUT2D eigenvalue weighted by Gasteiger charge is 2.56. The molecule has 0 amide bonds. The third-order valence-electron chi connectivity index (χ3n) is 4.82. The number of carbonyl (C=O) groups excluding carboxylic acids is 1. The van der Waals surface area contributed by atoms with Gasteiger partial charge in [-0.15, -0.1) is 0 Å². The van der Waals surface area contributed by atoms with E-state index in [1.165, 1.54) is 12.5 Å². The Hall–Kier alpha value is -0.830. The summed E-state index contributed by atoms with van der Waals surface area (Å²) in [4.78, 5) is 11.2. The second-order valence-electron chi connectivity index (χ2n) is 5.53. The van der Waals surface area contributed by atoms with E-state index in [0.29, 0.717) is 23.7 Å². The lowest BCUT2D eigenvalue weighted by molar-refractivity contribution is -0.146. The summed E-state index contributed by atoms with van der Waals surface area (Å²) in [6.07, 6.45) is 5.28. The van der Waals surface area contributed by atoms with Crippen LogP contribution < -0.4 is 0 Å². The quantitative estimate of drug-likeness (QED) is 0.569. The molecule has 3 heteroatoms. The van der Waals surface area contributed by atoms with E-state index in [2.05, 4.69) is 6.58 Å². The van der Waals surface area contributed by atoms with Gasteiger partial charge in [0.15, 0.2) is 0 Å². The van der Waals surface area contributed by atoms with E-state index in [9.17, 15) is 9.90 Å². The highest BCUT2D eigenvalue weighted by Crippen LogP contribution is 2.59. The maximum atomic E-state index is 11.2. The summed E-state index contributed by atoms with van der Waals surface area (Å²) >= 11 is 0. The summed E-state index contributed by atoms with van der Waals surface area (Å²) in [5.41, 5.74) is 0. The summed E-state index contributed by atoms with van der Waals surface area (Å²) in [6, 6.07) is 0. The van der Waals surface area contributed by atoms with Gasteiger partial charge in [-0.3, -0.25) is 0 Å². The molecule has 6 unspecified atom stereocenters. The third-order valence-corrected chi connectivity index (χ3v) is 4.82. The minimum atomic E-state index is -0.298. The molecular weight excluding hydrogens is 204 g/mol. The zero-order chi connectivity index (χ0) is 11.3. The summed E-state index contributed by atoms with van der Waals surface area (Å²) in [6.45, 7) is 3.43. The van der Waals surface area contributed by atoms with Gasteiger partial charge in [0.05, 0.1) is 6.10 Å². The van der Waals surface area contributed by atoms with Gasteiger partial charge in [-0.05, 0) is 49.4 Å². The number of rotatable bonds is 2. The zero-order valence-corrected chi connectivity index (χ0v) is 9.34. The Kier molecular flexibility index (Phi) is 2.32. The molecule has 0 aromatic rings. The van der Waals surface area contributed by atoms with Gasteiger partial charge in [0.25, 0.3) is 0 Å². The van der Waals surface area contributed by atoms with Crippen LogP contribution in [0.15, 0.2) is 12.7 Å². The van der Waals surface area contributed by atoms with Crippen LogP contribution >= 0.6 is 0 Å². The van der Waals surface area contributed by atoms with Crippen molar-refractivity contribution in [3.05, 3.63) is 12.7 Å². The largest absolute Gasteiger partial charge is 0.459 e. The fourth-order valence-corrected chi connectivity index (χ4v) is 4.31. The molecule has 0 aromatic heterocycles. The third kappa shape index (κ3) is 1.41. The Morgan fingerprint density at radius 1 is 1.19 bits per heavy atom. The Labute approximate surface area is 95.5 Å². The fraction of sp³-hybridized carbons (Fsp3) is 0.769. The van der Waals surface area contributed by atoms with E-state index in [1.807, 2.05) is 0 Å². The van der Waals surface area contributed by atoms with Crippen LogP contribution in [0.25, 0.3) is 0 Å². The molecule has 2 bridgehead atoms. The van der Waals surface area contributed by atoms with Gasteiger partial charge in [-0.1, -0.05) is 6.58 Å². The summed E-state index contributed by atoms with van der Waals surface area (Å²) in [7, 11) is 0. The maximum absolute atomic E-state index is 11.2. The number of ether oxygens (including phenoxy) is 1. The van der Waals surface area contributed by atoms with Crippen LogP contribution in [0.1, 0.15) is 25.7 Å². The average Bonchev–Trinajstić information content (AvgIpc) is 2.87. The molecule has 3 rings (SSSR count). The van der Waals surface area contributed by atoms with Crippen molar-refractivity contribution in [3.63, 3.8) is 0 Å². The molecule has 6 atom stereocenters. The molecule has 3 aliphatic rings. The lowest BCUT2D eigenvalue weighted by Crippen LogP contribution is -2.31. The predicted octanol–water partition coefficient (Wildman–Crippen LogP) is 1.51. The molecular formula is C13H18O3. The first kappa shape index (κ1) is 10.3. The summed E-state index contributed by atoms with van der Waals surface area (Å²) in [5, 5.41) is 9.69. The predicted molar refractivity (Wildman–Crippen MR) is 58.5 cm³/mol. The highest BCUT2D eigenvalue weighted by molar-refractivity contribution is 5.81. The van der Waals surface area contributed by atoms with Crippen molar-refractivity contribution in [1.82, 2.24) is 0 Å². The summed E-state index contributed by atoms with van der Waals surface area (Å²) in [5.74, 6) is 2.16. The number of fused-ring (bicyclic) bond motifs is 5. The van der Waals surface area contributed by atoms with E-state index >= 15 is 0 Å². The van der Waals surface area contributed by atoms with Crippen molar-refractivity contribution >= 4 is 5.97 Å². The molecule has 0 aliphatic heterocycles. The van der Waals surface area contributed by atoms with Gasteiger partial charge in [-0.25, -0.2) is 4.79 Å². The van der Waals surface area contributed by atoms with Gasteiger partial charge in [-0.2, -0.15) is 0 Å². The Bertz CT molecular complexity index is 325. The lowest BCUT2D eigenvalue weighted by atomic mass is 9.80. The smallest absolute Gasteiger partial charge is 0.330 e. The van der Waals surface area contributed by atoms with Crippen molar-refractivity contribution in [2.45, 2.75) is 37.9 Å². The zero-order valence-electron chi connectivity index (χ0n) is 9.34. The van der Waals surface area contributed by atoms with E-state index in [4.69, 9.17) is 4.74 Å². The van der Waals surface area contributed by atoms with Gasteiger partial charge >= 0.3 is 5.97 Å². The van der Waals surface area contributed by atoms with E-state index in [1.54, 1.807) is 0 Å². The molecule has 0 aromatic carbocycles. The molecule has 0 radical (unpaired) electrons. The topological polar surface area (TPSA) is 46.5 Å². The normalized spacial score (nSPS) is 49.1. The van der Waals surface area contributed by atoms with Crippen LogP contribution in [-0.4, -0.2) is 23.3 Å². The Morgan fingerprint density at radius 2 is 1.94 bits per heavy atom. The Morgan fingerprint density at radius 3 is 2.69 bits per heavy atom. The first-order chi connectivity index (χ1) is 7.69. The number of carbonyl (C=O) groups is 1. The molecule has 0 spiro atoms. The second kappa shape index (κ2) is 3.59. The molecule has 3 nitrogen and oxygen atoms in total. The number of aliphatic hydroxyl groups is 1. The van der Waals surface area contributed by atoms with Crippen LogP contribution in [0.2, 0.25) is 0 Å². The second-order valence-corrected chi connectivity index (χ2v) is 5.53. The minimum Gasteiger partial charge on any atom is -0.459 e. The number of esters is 1. The molecule has 16 heavy (non-hydrogen) atoms. The van der Waals surface area contributed by atoms with Crippen LogP contribution in [0.3, 0.4) is 0 Å². The van der Waals surface area contributed by atoms with Crippen LogP contribution in [0.5, 0.6) is 0 Å². The monoisotopic (exact) mass is 222 g/mol. The molecule has 0 heterocycles. The van der Waals surface area contributed by atoms with E-state index in [0.717, 1.165) is 19.3 Å². The van der Waals surface area contributed by atoms with Crippen molar-refractivity contribution in [1.29, 1.82) is 0 Å². The number of hydrogen-bond donors (Lipinski definition) is 1. The first-order valence-electron chi connectivity index (χ1n) is 6.20. The lowest BCUT2D eigenvalue weighted by Gasteiger charge is -2.30. The number of aliphatic hydroxyl groups excluding tert-OH is 1. The minimum absolute atomic E-state index is 0.0852. The Balaban J connectivity index is 1.70. The van der Waals surface area contributed by atoms with Crippen molar-refractivity contribution < 1.29 is 14.6 Å². The van der Waals surface area contributed by atoms with Crippen molar-refractivity contribution in [2.75, 3.05) is 0 Å². The van der Waals surface area contributed by atoms with Crippen molar-refractivity contribution in [2.24, 2.45) is 23.7 Å². The molecule has 3 saturated carbocycles. The first-order valence-corrected chi connectivity index (χ1v) is 6.20. The van der Waals surface area contributed by atoms with Crippen LogP contribution in [0, 0.1) is 23.7 Å². The van der Waals surface area contributed by atoms with Gasteiger partial charge in [0, 0.05) is 6.08 Å².